The summed E-state index contributed by atoms with van der Waals surface area (Å²) in [5.41, 5.74) is -2.24. The molecule has 0 aromatic carbocycles. The number of hydrogen-bond donors (Lipinski definition) is 2. The molecule has 2 N–H and O–H groups in total. The summed E-state index contributed by atoms with van der Waals surface area (Å²) in [6, 6.07) is 5.95. The van der Waals surface area contributed by atoms with Crippen molar-refractivity contribution in [2.75, 3.05) is 28.4 Å². The number of Topliss-reactive ketones (excluding diaryl/α,β-unsaturated/α-hetero) is 1. The molecule has 15 nitrogen and oxygen atoms in total. The van der Waals surface area contributed by atoms with Crippen molar-refractivity contribution in [3.8, 4) is 0 Å². The van der Waals surface area contributed by atoms with Crippen molar-refractivity contribution in [1.82, 2.24) is 19.9 Å². The number of aromatic nitrogens is 4. The van der Waals surface area contributed by atoms with Gasteiger partial charge in [0.25, 0.3) is 0 Å². The van der Waals surface area contributed by atoms with E-state index in [1.807, 2.05) is 0 Å². The minimum atomic E-state index is -1.98. The zero-order valence-electron chi connectivity index (χ0n) is 31.6. The Labute approximate surface area is 323 Å². The summed E-state index contributed by atoms with van der Waals surface area (Å²) in [5, 5.41) is 23.5. The molecule has 3 aromatic heterocycles. The van der Waals surface area contributed by atoms with Gasteiger partial charge in [0.05, 0.1) is 63.8 Å². The van der Waals surface area contributed by atoms with Gasteiger partial charge >= 0.3 is 43.4 Å². The van der Waals surface area contributed by atoms with Crippen LogP contribution in [0.4, 0.5) is 0 Å². The fourth-order valence-corrected chi connectivity index (χ4v) is 6.45. The number of carbonyl (C=O) groups is 5. The molecule has 5 rings (SSSR count). The Kier molecular flexibility index (Phi) is 12.4. The van der Waals surface area contributed by atoms with Gasteiger partial charge in [-0.1, -0.05) is 23.3 Å². The van der Waals surface area contributed by atoms with Gasteiger partial charge in [0.2, 0.25) is 0 Å². The molecule has 3 aromatic rings. The van der Waals surface area contributed by atoms with E-state index in [2.05, 4.69) is 9.97 Å². The summed E-state index contributed by atoms with van der Waals surface area (Å²) in [4.78, 5) is 83.2. The molecule has 0 spiro atoms. The molecule has 2 unspecified atom stereocenters. The number of fused-ring (bicyclic) bond motifs is 8. The largest absolute Gasteiger partial charge is 2.00 e. The van der Waals surface area contributed by atoms with Gasteiger partial charge in [0.15, 0.2) is 5.78 Å². The molecule has 0 radical (unpaired) electrons. The van der Waals surface area contributed by atoms with Crippen LogP contribution in [0.1, 0.15) is 90.4 Å². The molecule has 0 aliphatic carbocycles. The Morgan fingerprint density at radius 1 is 0.593 bits per heavy atom. The molecule has 5 heterocycles. The predicted molar refractivity (Wildman–Crippen MR) is 188 cm³/mol. The number of esters is 4. The molecule has 282 valence electrons. The number of aryl methyl sites for hydroxylation is 2. The van der Waals surface area contributed by atoms with Crippen LogP contribution in [0.2, 0.25) is 0 Å². The van der Waals surface area contributed by atoms with Gasteiger partial charge in [-0.15, -0.1) is 22.1 Å². The molecule has 0 amide bonds. The smallest absolute Gasteiger partial charge is 0.657 e. The SMILES string of the molecule is COC(=O)CCc1c(CC(=O)OC)c2cc3nc(cc4nc(cc5[n-]c(cc1[n-]2)c(CCC(=O)OC)c5CC(=O)OC)C(C)(O)C4(C)O)C(C)(C)C3=O.[Zn+2]. The third kappa shape index (κ3) is 7.73. The third-order valence-electron chi connectivity index (χ3n) is 10.1. The van der Waals surface area contributed by atoms with E-state index in [9.17, 15) is 34.2 Å². The Morgan fingerprint density at radius 3 is 1.44 bits per heavy atom. The first-order valence-electron chi connectivity index (χ1n) is 16.8. The molecule has 8 bridgehead atoms. The van der Waals surface area contributed by atoms with E-state index in [0.717, 1.165) is 0 Å². The average molecular weight is 796 g/mol. The van der Waals surface area contributed by atoms with Gasteiger partial charge in [0.1, 0.15) is 16.9 Å². The van der Waals surface area contributed by atoms with Crippen LogP contribution in [0, 0.1) is 0 Å². The van der Waals surface area contributed by atoms with Gasteiger partial charge in [-0.2, -0.15) is 0 Å². The van der Waals surface area contributed by atoms with Gasteiger partial charge in [-0.05, 0) is 63.8 Å². The van der Waals surface area contributed by atoms with Crippen LogP contribution in [0.5, 0.6) is 0 Å². The number of ketones is 1. The zero-order valence-corrected chi connectivity index (χ0v) is 34.6. The molecule has 0 fully saturated rings. The maximum Gasteiger partial charge on any atom is 2.00 e. The van der Waals surface area contributed by atoms with Crippen LogP contribution in [-0.2, 0) is 99.9 Å². The third-order valence-corrected chi connectivity index (χ3v) is 10.1. The number of carbonyl (C=O) groups excluding carboxylic acids is 5. The fourth-order valence-electron chi connectivity index (χ4n) is 6.45. The molecule has 54 heavy (non-hydrogen) atoms. The van der Waals surface area contributed by atoms with E-state index in [1.165, 1.54) is 60.5 Å². The molecule has 0 saturated heterocycles. The van der Waals surface area contributed by atoms with Crippen molar-refractivity contribution in [2.45, 2.75) is 82.8 Å². The molecule has 2 aliphatic heterocycles. The number of nitrogens with zero attached hydrogens (tertiary/aromatic N) is 4. The number of aliphatic hydroxyl groups is 2. The standard InChI is InChI=1S/C38H43N4O11.Zn/c1-36(2)28-18-30-38(4,49)37(3,48)29(42-30)17-26-22(14-34(46)53-8)20(10-12-32(44)51-6)24(40-26)15-23-19(9-11-31(43)50-5)21(13-33(45)52-7)25(39-23)16-27(41-28)35(36)47;/h15-18,48-49H,9-14H2,1-8H3,(H-,39,40,41,42,47);/q-1;+2/p-1. The van der Waals surface area contributed by atoms with Crippen LogP contribution < -0.4 is 9.97 Å². The van der Waals surface area contributed by atoms with Crippen molar-refractivity contribution in [3.05, 3.63) is 69.3 Å². The van der Waals surface area contributed by atoms with Crippen LogP contribution in [0.3, 0.4) is 0 Å². The molecular weight excluding hydrogens is 754 g/mol. The first-order chi connectivity index (χ1) is 24.9. The Morgan fingerprint density at radius 2 is 1.00 bits per heavy atom. The van der Waals surface area contributed by atoms with E-state index in [0.29, 0.717) is 22.3 Å². The maximum absolute atomic E-state index is 13.9. The van der Waals surface area contributed by atoms with Gasteiger partial charge in [-0.3, -0.25) is 29.0 Å². The molecule has 16 heteroatoms. The Balaban J connectivity index is 0.00000650. The fraction of sp³-hybridized carbons (Fsp3) is 0.447. The van der Waals surface area contributed by atoms with Gasteiger partial charge in [-0.25, -0.2) is 4.98 Å². The topological polar surface area (TPSA) is 217 Å². The maximum atomic E-state index is 13.9. The van der Waals surface area contributed by atoms with Crippen molar-refractivity contribution in [2.24, 2.45) is 0 Å². The van der Waals surface area contributed by atoms with Crippen molar-refractivity contribution in [1.29, 1.82) is 0 Å². The first kappa shape index (κ1) is 42.0. The Hall–Kier alpha value is -4.79. The molecule has 2 atom stereocenters. The molecular formula is C38H42N4O11Zn. The van der Waals surface area contributed by atoms with E-state index in [4.69, 9.17) is 28.9 Å². The molecule has 0 saturated carbocycles. The van der Waals surface area contributed by atoms with E-state index >= 15 is 0 Å². The van der Waals surface area contributed by atoms with E-state index < -0.39 is 40.5 Å². The van der Waals surface area contributed by atoms with Crippen molar-refractivity contribution < 1.29 is 72.6 Å². The van der Waals surface area contributed by atoms with Gasteiger partial charge < -0.3 is 39.1 Å². The number of methoxy groups -OCH3 is 4. The number of rotatable bonds is 10. The quantitative estimate of drug-likeness (QED) is 0.171. The van der Waals surface area contributed by atoms with Crippen LogP contribution in [-0.4, -0.2) is 78.3 Å². The normalized spacial score (nSPS) is 18.7. The molecule has 2 aliphatic rings. The summed E-state index contributed by atoms with van der Waals surface area (Å²) in [6.07, 6.45) is -0.597. The monoisotopic (exact) mass is 794 g/mol. The van der Waals surface area contributed by atoms with E-state index in [1.54, 1.807) is 19.9 Å². The minimum absolute atomic E-state index is 0. The Bertz CT molecular complexity index is 2180. The first-order valence-corrected chi connectivity index (χ1v) is 16.8. The summed E-state index contributed by atoms with van der Waals surface area (Å²) in [5.74, 6) is -2.64. The second-order valence-electron chi connectivity index (χ2n) is 13.8. The minimum Gasteiger partial charge on any atom is -0.657 e. The summed E-state index contributed by atoms with van der Waals surface area (Å²) in [6.45, 7) is 6.10. The predicted octanol–water partition coefficient (Wildman–Crippen LogP) is 2.49. The van der Waals surface area contributed by atoms with Gasteiger partial charge in [0, 0.05) is 12.8 Å². The van der Waals surface area contributed by atoms with Crippen molar-refractivity contribution in [3.63, 3.8) is 0 Å². The summed E-state index contributed by atoms with van der Waals surface area (Å²) >= 11 is 0. The zero-order chi connectivity index (χ0) is 39.0. The number of ether oxygens (including phenoxy) is 4. The average Bonchev–Trinajstić information content (AvgIpc) is 3.72. The summed E-state index contributed by atoms with van der Waals surface area (Å²) in [7, 11) is 4.97. The number of hydrogen-bond acceptors (Lipinski definition) is 13. The second-order valence-corrected chi connectivity index (χ2v) is 13.8. The van der Waals surface area contributed by atoms with Crippen LogP contribution in [0.15, 0.2) is 24.3 Å². The summed E-state index contributed by atoms with van der Waals surface area (Å²) < 4.78 is 19.8. The van der Waals surface area contributed by atoms with Crippen LogP contribution >= 0.6 is 0 Å². The second kappa shape index (κ2) is 15.9. The van der Waals surface area contributed by atoms with Crippen LogP contribution in [0.25, 0.3) is 22.1 Å². The van der Waals surface area contributed by atoms with Crippen molar-refractivity contribution >= 4 is 51.7 Å². The van der Waals surface area contributed by atoms with E-state index in [-0.39, 0.29) is 109 Å².